The molecule has 2 nitrogen and oxygen atoms in total. The van der Waals surface area contributed by atoms with Crippen LogP contribution < -0.4 is 5.73 Å². The zero-order valence-corrected chi connectivity index (χ0v) is 12.0. The van der Waals surface area contributed by atoms with Gasteiger partial charge in [-0.3, -0.25) is 4.90 Å². The molecule has 2 heteroatoms. The van der Waals surface area contributed by atoms with Gasteiger partial charge >= 0.3 is 0 Å². The number of nitrogens with zero attached hydrogens (tertiary/aromatic N) is 1. The van der Waals surface area contributed by atoms with Crippen LogP contribution in [-0.4, -0.2) is 31.1 Å². The van der Waals surface area contributed by atoms with Crippen molar-refractivity contribution in [3.05, 3.63) is 11.6 Å². The van der Waals surface area contributed by atoms with Gasteiger partial charge in [-0.25, -0.2) is 0 Å². The van der Waals surface area contributed by atoms with Crippen LogP contribution in [0.3, 0.4) is 0 Å². The summed E-state index contributed by atoms with van der Waals surface area (Å²) in [5.41, 5.74) is 7.50. The van der Waals surface area contributed by atoms with Gasteiger partial charge in [-0.05, 0) is 37.8 Å². The highest BCUT2D eigenvalue weighted by molar-refractivity contribution is 5.14. The van der Waals surface area contributed by atoms with E-state index in [1.807, 2.05) is 0 Å². The van der Waals surface area contributed by atoms with Crippen LogP contribution in [0.1, 0.15) is 52.9 Å². The molecular formula is C15H30N2. The van der Waals surface area contributed by atoms with Crippen LogP contribution in [0.15, 0.2) is 11.6 Å². The van der Waals surface area contributed by atoms with Crippen molar-refractivity contribution < 1.29 is 0 Å². The number of hydrogen-bond acceptors (Lipinski definition) is 2. The minimum atomic E-state index is 0.368. The Kier molecular flexibility index (Phi) is 6.21. The summed E-state index contributed by atoms with van der Waals surface area (Å²) in [6.45, 7) is 11.5. The molecule has 1 aliphatic heterocycles. The Morgan fingerprint density at radius 2 is 1.88 bits per heavy atom. The Morgan fingerprint density at radius 3 is 2.41 bits per heavy atom. The van der Waals surface area contributed by atoms with Gasteiger partial charge in [0.1, 0.15) is 0 Å². The van der Waals surface area contributed by atoms with Crippen LogP contribution in [-0.2, 0) is 0 Å². The van der Waals surface area contributed by atoms with E-state index in [0.29, 0.717) is 5.41 Å². The third-order valence-electron chi connectivity index (χ3n) is 3.69. The summed E-state index contributed by atoms with van der Waals surface area (Å²) in [6, 6.07) is 0. The fourth-order valence-corrected chi connectivity index (χ4v) is 2.43. The Bertz CT molecular complexity index is 238. The standard InChI is InChI=1S/C15H30N2/c1-15(2,3)14-8-12-17(13-9-14)11-7-5-4-6-10-16/h8H,4-7,9-13,16H2,1-3H3. The van der Waals surface area contributed by atoms with E-state index in [0.717, 1.165) is 13.1 Å². The van der Waals surface area contributed by atoms with Gasteiger partial charge in [-0.15, -0.1) is 0 Å². The minimum Gasteiger partial charge on any atom is -0.330 e. The summed E-state index contributed by atoms with van der Waals surface area (Å²) in [5, 5.41) is 0. The van der Waals surface area contributed by atoms with E-state index in [2.05, 4.69) is 31.7 Å². The van der Waals surface area contributed by atoms with Crippen molar-refractivity contribution in [1.29, 1.82) is 0 Å². The molecule has 0 spiro atoms. The van der Waals surface area contributed by atoms with Crippen LogP contribution in [0.2, 0.25) is 0 Å². The van der Waals surface area contributed by atoms with E-state index in [-0.39, 0.29) is 0 Å². The molecule has 0 aliphatic carbocycles. The highest BCUT2D eigenvalue weighted by Crippen LogP contribution is 2.30. The lowest BCUT2D eigenvalue weighted by Gasteiger charge is -2.32. The SMILES string of the molecule is CC(C)(C)C1=CCN(CCCCCCN)CC1. The van der Waals surface area contributed by atoms with Gasteiger partial charge in [-0.1, -0.05) is 45.3 Å². The van der Waals surface area contributed by atoms with Crippen molar-refractivity contribution in [3.63, 3.8) is 0 Å². The fourth-order valence-electron chi connectivity index (χ4n) is 2.43. The zero-order valence-electron chi connectivity index (χ0n) is 12.0. The largest absolute Gasteiger partial charge is 0.330 e. The van der Waals surface area contributed by atoms with Crippen LogP contribution in [0, 0.1) is 5.41 Å². The van der Waals surface area contributed by atoms with Crippen molar-refractivity contribution in [2.24, 2.45) is 11.1 Å². The lowest BCUT2D eigenvalue weighted by molar-refractivity contribution is 0.272. The zero-order chi connectivity index (χ0) is 12.7. The third-order valence-corrected chi connectivity index (χ3v) is 3.69. The maximum atomic E-state index is 5.49. The van der Waals surface area contributed by atoms with E-state index in [1.54, 1.807) is 5.57 Å². The third kappa shape index (κ3) is 5.69. The fraction of sp³-hybridized carbons (Fsp3) is 0.867. The Hall–Kier alpha value is -0.340. The molecule has 1 heterocycles. The van der Waals surface area contributed by atoms with Gasteiger partial charge in [-0.2, -0.15) is 0 Å². The molecule has 2 N–H and O–H groups in total. The molecule has 0 radical (unpaired) electrons. The second-order valence-corrected chi connectivity index (χ2v) is 6.23. The van der Waals surface area contributed by atoms with Gasteiger partial charge in [0, 0.05) is 13.1 Å². The van der Waals surface area contributed by atoms with E-state index < -0.39 is 0 Å². The summed E-state index contributed by atoms with van der Waals surface area (Å²) in [5.74, 6) is 0. The molecule has 0 saturated heterocycles. The van der Waals surface area contributed by atoms with Gasteiger partial charge in [0.25, 0.3) is 0 Å². The molecule has 0 fully saturated rings. The van der Waals surface area contributed by atoms with Gasteiger partial charge in [0.2, 0.25) is 0 Å². The van der Waals surface area contributed by atoms with E-state index in [1.165, 1.54) is 45.2 Å². The Balaban J connectivity index is 2.17. The lowest BCUT2D eigenvalue weighted by Crippen LogP contribution is -2.32. The molecule has 1 rings (SSSR count). The molecule has 0 unspecified atom stereocenters. The van der Waals surface area contributed by atoms with Gasteiger partial charge in [0.05, 0.1) is 0 Å². The topological polar surface area (TPSA) is 29.3 Å². The smallest absolute Gasteiger partial charge is 0.0166 e. The van der Waals surface area contributed by atoms with Gasteiger partial charge in [0.15, 0.2) is 0 Å². The average molecular weight is 238 g/mol. The summed E-state index contributed by atoms with van der Waals surface area (Å²) in [4.78, 5) is 2.58. The summed E-state index contributed by atoms with van der Waals surface area (Å²) in [7, 11) is 0. The second-order valence-electron chi connectivity index (χ2n) is 6.23. The van der Waals surface area contributed by atoms with Gasteiger partial charge < -0.3 is 5.73 Å². The molecule has 0 amide bonds. The van der Waals surface area contributed by atoms with Crippen LogP contribution in [0.4, 0.5) is 0 Å². The molecule has 0 aromatic heterocycles. The van der Waals surface area contributed by atoms with Crippen LogP contribution >= 0.6 is 0 Å². The first kappa shape index (κ1) is 14.7. The average Bonchev–Trinajstić information content (AvgIpc) is 2.28. The summed E-state index contributed by atoms with van der Waals surface area (Å²) >= 11 is 0. The highest BCUT2D eigenvalue weighted by Gasteiger charge is 2.20. The molecular weight excluding hydrogens is 208 g/mol. The maximum Gasteiger partial charge on any atom is 0.0166 e. The van der Waals surface area contributed by atoms with Crippen molar-refractivity contribution in [2.45, 2.75) is 52.9 Å². The van der Waals surface area contributed by atoms with Crippen LogP contribution in [0.5, 0.6) is 0 Å². The molecule has 0 aromatic rings. The first-order valence-corrected chi connectivity index (χ1v) is 7.16. The van der Waals surface area contributed by atoms with E-state index >= 15 is 0 Å². The first-order chi connectivity index (χ1) is 8.04. The maximum absolute atomic E-state index is 5.49. The molecule has 0 atom stereocenters. The van der Waals surface area contributed by atoms with Crippen molar-refractivity contribution in [3.8, 4) is 0 Å². The number of hydrogen-bond donors (Lipinski definition) is 1. The van der Waals surface area contributed by atoms with E-state index in [9.17, 15) is 0 Å². The number of rotatable bonds is 6. The molecule has 1 aliphatic rings. The number of unbranched alkanes of at least 4 members (excludes halogenated alkanes) is 3. The molecule has 0 saturated carbocycles. The van der Waals surface area contributed by atoms with Crippen molar-refractivity contribution in [2.75, 3.05) is 26.2 Å². The normalized spacial score (nSPS) is 18.2. The Morgan fingerprint density at radius 1 is 1.18 bits per heavy atom. The van der Waals surface area contributed by atoms with Crippen LogP contribution in [0.25, 0.3) is 0 Å². The second kappa shape index (κ2) is 7.17. The minimum absolute atomic E-state index is 0.368. The lowest BCUT2D eigenvalue weighted by atomic mass is 9.83. The quantitative estimate of drug-likeness (QED) is 0.569. The molecule has 0 bridgehead atoms. The molecule has 17 heavy (non-hydrogen) atoms. The molecule has 0 aromatic carbocycles. The summed E-state index contributed by atoms with van der Waals surface area (Å²) < 4.78 is 0. The number of nitrogens with two attached hydrogens (primary N) is 1. The highest BCUT2D eigenvalue weighted by atomic mass is 15.1. The predicted molar refractivity (Wildman–Crippen MR) is 76.1 cm³/mol. The first-order valence-electron chi connectivity index (χ1n) is 7.16. The predicted octanol–water partition coefficient (Wildman–Crippen LogP) is 3.18. The van der Waals surface area contributed by atoms with Crippen molar-refractivity contribution in [1.82, 2.24) is 4.90 Å². The monoisotopic (exact) mass is 238 g/mol. The Labute approximate surface area is 107 Å². The van der Waals surface area contributed by atoms with Crippen molar-refractivity contribution >= 4 is 0 Å². The summed E-state index contributed by atoms with van der Waals surface area (Å²) in [6.07, 6.45) is 8.86. The van der Waals surface area contributed by atoms with E-state index in [4.69, 9.17) is 5.73 Å². The molecule has 100 valence electrons.